The predicted molar refractivity (Wildman–Crippen MR) is 87.0 cm³/mol. The third-order valence-electron chi connectivity index (χ3n) is 4.23. The van der Waals surface area contributed by atoms with Crippen LogP contribution in [0.5, 0.6) is 11.5 Å². The molecule has 0 bridgehead atoms. The standard InChI is InChI=1S/C20H12O/c1-2-8-15-13(6-1)12-14-7-5-11-18-19(14)20(15)16-9-3-4-10-17(16)21-18/h1-12H. The number of fused-ring (bicyclic) bond motifs is 4. The second-order valence-corrected chi connectivity index (χ2v) is 5.43. The molecular weight excluding hydrogens is 256 g/mol. The molecule has 4 aromatic rings. The highest BCUT2D eigenvalue weighted by Gasteiger charge is 2.21. The summed E-state index contributed by atoms with van der Waals surface area (Å²) in [5.74, 6) is 1.89. The Labute approximate surface area is 122 Å². The molecule has 0 saturated carbocycles. The normalized spacial score (nSPS) is 12.2. The lowest BCUT2D eigenvalue weighted by molar-refractivity contribution is 0.487. The third-order valence-corrected chi connectivity index (χ3v) is 4.23. The van der Waals surface area contributed by atoms with E-state index in [1.807, 2.05) is 12.1 Å². The van der Waals surface area contributed by atoms with Gasteiger partial charge < -0.3 is 4.74 Å². The molecule has 0 aliphatic carbocycles. The molecular formula is C20H12O. The summed E-state index contributed by atoms with van der Waals surface area (Å²) in [5, 5.41) is 5.01. The molecule has 5 rings (SSSR count). The van der Waals surface area contributed by atoms with Crippen molar-refractivity contribution < 1.29 is 4.74 Å². The maximum Gasteiger partial charge on any atom is 0.135 e. The molecule has 0 saturated heterocycles. The molecule has 0 unspecified atom stereocenters. The first-order valence-corrected chi connectivity index (χ1v) is 7.13. The zero-order chi connectivity index (χ0) is 13.8. The minimum absolute atomic E-state index is 0.939. The van der Waals surface area contributed by atoms with Gasteiger partial charge in [0.05, 0.1) is 0 Å². The molecule has 0 radical (unpaired) electrons. The van der Waals surface area contributed by atoms with Crippen LogP contribution in [0.25, 0.3) is 32.7 Å². The summed E-state index contributed by atoms with van der Waals surface area (Å²) in [6, 6.07) is 25.4. The molecule has 0 N–H and O–H groups in total. The van der Waals surface area contributed by atoms with Crippen LogP contribution in [0.1, 0.15) is 0 Å². The molecule has 1 nitrogen and oxygen atoms in total. The number of hydrogen-bond acceptors (Lipinski definition) is 1. The van der Waals surface area contributed by atoms with Crippen LogP contribution in [0, 0.1) is 0 Å². The zero-order valence-electron chi connectivity index (χ0n) is 11.3. The molecule has 0 spiro atoms. The molecule has 1 aliphatic heterocycles. The fraction of sp³-hybridized carbons (Fsp3) is 0. The summed E-state index contributed by atoms with van der Waals surface area (Å²) in [6.07, 6.45) is 0. The van der Waals surface area contributed by atoms with E-state index in [0.29, 0.717) is 0 Å². The van der Waals surface area contributed by atoms with Crippen molar-refractivity contribution in [3.8, 4) is 22.6 Å². The van der Waals surface area contributed by atoms with E-state index in [2.05, 4.69) is 60.7 Å². The van der Waals surface area contributed by atoms with Gasteiger partial charge >= 0.3 is 0 Å². The Morgan fingerprint density at radius 2 is 1.38 bits per heavy atom. The van der Waals surface area contributed by atoms with E-state index >= 15 is 0 Å². The average molecular weight is 268 g/mol. The number of para-hydroxylation sites is 1. The molecule has 4 aromatic carbocycles. The van der Waals surface area contributed by atoms with Crippen molar-refractivity contribution in [1.82, 2.24) is 0 Å². The Morgan fingerprint density at radius 3 is 2.38 bits per heavy atom. The van der Waals surface area contributed by atoms with E-state index in [9.17, 15) is 0 Å². The van der Waals surface area contributed by atoms with Gasteiger partial charge in [-0.3, -0.25) is 0 Å². The Kier molecular flexibility index (Phi) is 2.01. The predicted octanol–water partition coefficient (Wildman–Crippen LogP) is 5.77. The van der Waals surface area contributed by atoms with Gasteiger partial charge in [0.2, 0.25) is 0 Å². The summed E-state index contributed by atoms with van der Waals surface area (Å²) in [7, 11) is 0. The molecule has 0 atom stereocenters. The van der Waals surface area contributed by atoms with Crippen LogP contribution in [0.15, 0.2) is 72.8 Å². The highest BCUT2D eigenvalue weighted by atomic mass is 16.5. The summed E-state index contributed by atoms with van der Waals surface area (Å²) >= 11 is 0. The lowest BCUT2D eigenvalue weighted by Gasteiger charge is -2.22. The van der Waals surface area contributed by atoms with Crippen LogP contribution in [-0.4, -0.2) is 0 Å². The SMILES string of the molecule is c1ccc2c(c1)Oc1cccc3cc4ccccc4c-2c13. The topological polar surface area (TPSA) is 9.23 Å². The molecule has 1 aliphatic rings. The average Bonchev–Trinajstić information content (AvgIpc) is 2.54. The Balaban J connectivity index is 2.11. The van der Waals surface area contributed by atoms with Crippen LogP contribution in [0.3, 0.4) is 0 Å². The molecule has 1 heterocycles. The fourth-order valence-corrected chi connectivity index (χ4v) is 3.33. The van der Waals surface area contributed by atoms with Crippen LogP contribution in [0.4, 0.5) is 0 Å². The minimum atomic E-state index is 0.939. The first kappa shape index (κ1) is 10.9. The number of rotatable bonds is 0. The molecule has 1 heteroatoms. The van der Waals surface area contributed by atoms with Gasteiger partial charge in [0.15, 0.2) is 0 Å². The van der Waals surface area contributed by atoms with Gasteiger partial charge in [-0.05, 0) is 34.4 Å². The third kappa shape index (κ3) is 1.40. The van der Waals surface area contributed by atoms with Crippen molar-refractivity contribution in [3.63, 3.8) is 0 Å². The second-order valence-electron chi connectivity index (χ2n) is 5.43. The van der Waals surface area contributed by atoms with E-state index in [1.165, 1.54) is 32.7 Å². The van der Waals surface area contributed by atoms with Crippen LogP contribution in [-0.2, 0) is 0 Å². The molecule has 0 amide bonds. The van der Waals surface area contributed by atoms with Crippen molar-refractivity contribution in [3.05, 3.63) is 72.8 Å². The van der Waals surface area contributed by atoms with E-state index in [-0.39, 0.29) is 0 Å². The van der Waals surface area contributed by atoms with Gasteiger partial charge in [0.25, 0.3) is 0 Å². The van der Waals surface area contributed by atoms with Gasteiger partial charge in [-0.2, -0.15) is 0 Å². The number of ether oxygens (including phenoxy) is 1. The fourth-order valence-electron chi connectivity index (χ4n) is 3.33. The van der Waals surface area contributed by atoms with Crippen molar-refractivity contribution >= 4 is 21.5 Å². The van der Waals surface area contributed by atoms with E-state index in [0.717, 1.165) is 11.5 Å². The summed E-state index contributed by atoms with van der Waals surface area (Å²) in [6.45, 7) is 0. The number of hydrogen-bond donors (Lipinski definition) is 0. The minimum Gasteiger partial charge on any atom is -0.456 e. The second kappa shape index (κ2) is 3.86. The molecule has 0 fully saturated rings. The van der Waals surface area contributed by atoms with Gasteiger partial charge in [0, 0.05) is 16.5 Å². The zero-order valence-corrected chi connectivity index (χ0v) is 11.3. The van der Waals surface area contributed by atoms with Crippen molar-refractivity contribution in [1.29, 1.82) is 0 Å². The van der Waals surface area contributed by atoms with E-state index < -0.39 is 0 Å². The van der Waals surface area contributed by atoms with E-state index in [1.54, 1.807) is 0 Å². The first-order chi connectivity index (χ1) is 10.4. The summed E-state index contributed by atoms with van der Waals surface area (Å²) in [5.41, 5.74) is 2.47. The van der Waals surface area contributed by atoms with E-state index in [4.69, 9.17) is 4.74 Å². The van der Waals surface area contributed by atoms with Crippen LogP contribution >= 0.6 is 0 Å². The lowest BCUT2D eigenvalue weighted by Crippen LogP contribution is -1.97. The van der Waals surface area contributed by atoms with Gasteiger partial charge in [0.1, 0.15) is 11.5 Å². The quantitative estimate of drug-likeness (QED) is 0.324. The largest absolute Gasteiger partial charge is 0.456 e. The molecule has 0 aromatic heterocycles. The summed E-state index contributed by atoms with van der Waals surface area (Å²) in [4.78, 5) is 0. The highest BCUT2D eigenvalue weighted by Crippen LogP contribution is 2.49. The monoisotopic (exact) mass is 268 g/mol. The van der Waals surface area contributed by atoms with Crippen molar-refractivity contribution in [2.24, 2.45) is 0 Å². The Bertz CT molecular complexity index is 1010. The van der Waals surface area contributed by atoms with Crippen LogP contribution < -0.4 is 4.74 Å². The maximum absolute atomic E-state index is 6.10. The maximum atomic E-state index is 6.10. The van der Waals surface area contributed by atoms with Gasteiger partial charge in [-0.15, -0.1) is 0 Å². The Hall–Kier alpha value is -2.80. The smallest absolute Gasteiger partial charge is 0.135 e. The molecule has 98 valence electrons. The highest BCUT2D eigenvalue weighted by molar-refractivity contribution is 6.16. The van der Waals surface area contributed by atoms with Gasteiger partial charge in [-0.1, -0.05) is 54.6 Å². The Morgan fingerprint density at radius 1 is 0.619 bits per heavy atom. The van der Waals surface area contributed by atoms with Crippen LogP contribution in [0.2, 0.25) is 0 Å². The molecule has 21 heavy (non-hydrogen) atoms. The summed E-state index contributed by atoms with van der Waals surface area (Å²) < 4.78 is 6.10. The van der Waals surface area contributed by atoms with Crippen molar-refractivity contribution in [2.45, 2.75) is 0 Å². The first-order valence-electron chi connectivity index (χ1n) is 7.13. The van der Waals surface area contributed by atoms with Crippen molar-refractivity contribution in [2.75, 3.05) is 0 Å². The van der Waals surface area contributed by atoms with Gasteiger partial charge in [-0.25, -0.2) is 0 Å². The number of benzene rings is 4. The lowest BCUT2D eigenvalue weighted by atomic mass is 9.90.